The standard InChI is InChI=1S/C17H20ClNO8/c1-9(21)19-13-15(26-12(22)7-18)14(11(8-20)25-17(13)24)27-16(23)10-5-3-2-4-6-10/h2-6,11,13-15,17,20,24H,7-8H2,1H3,(H,19,21)/t11-,13-,14-,15-,17+/m1/s1. The predicted molar refractivity (Wildman–Crippen MR) is 91.8 cm³/mol. The molecule has 1 aromatic carbocycles. The number of rotatable bonds is 6. The summed E-state index contributed by atoms with van der Waals surface area (Å²) in [7, 11) is 0. The first-order valence-corrected chi connectivity index (χ1v) is 8.63. The molecule has 0 radical (unpaired) electrons. The van der Waals surface area contributed by atoms with Crippen LogP contribution in [0.2, 0.25) is 0 Å². The number of hydrogen-bond donors (Lipinski definition) is 3. The van der Waals surface area contributed by atoms with Crippen LogP contribution in [-0.2, 0) is 23.8 Å². The number of aliphatic hydroxyl groups is 2. The minimum absolute atomic E-state index is 0.221. The molecular formula is C17H20ClNO8. The van der Waals surface area contributed by atoms with Gasteiger partial charge in [0.1, 0.15) is 18.0 Å². The Morgan fingerprint density at radius 2 is 1.85 bits per heavy atom. The zero-order chi connectivity index (χ0) is 20.0. The second-order valence-corrected chi connectivity index (χ2v) is 6.07. The molecule has 10 heteroatoms. The van der Waals surface area contributed by atoms with Crippen LogP contribution < -0.4 is 5.32 Å². The maximum absolute atomic E-state index is 12.4. The number of carbonyl (C=O) groups is 3. The molecule has 2 rings (SSSR count). The van der Waals surface area contributed by atoms with Crippen molar-refractivity contribution in [1.29, 1.82) is 0 Å². The average molecular weight is 402 g/mol. The van der Waals surface area contributed by atoms with E-state index in [1.165, 1.54) is 19.1 Å². The van der Waals surface area contributed by atoms with Gasteiger partial charge >= 0.3 is 11.9 Å². The molecule has 1 aromatic rings. The summed E-state index contributed by atoms with van der Waals surface area (Å²) in [5.41, 5.74) is 0.221. The van der Waals surface area contributed by atoms with Crippen LogP contribution in [0.15, 0.2) is 30.3 Å². The Labute approximate surface area is 160 Å². The predicted octanol–water partition coefficient (Wildman–Crippen LogP) is -0.423. The van der Waals surface area contributed by atoms with Gasteiger partial charge in [0.25, 0.3) is 0 Å². The van der Waals surface area contributed by atoms with Crippen LogP contribution in [0, 0.1) is 0 Å². The van der Waals surface area contributed by atoms with Gasteiger partial charge in [-0.05, 0) is 12.1 Å². The van der Waals surface area contributed by atoms with E-state index in [0.29, 0.717) is 0 Å². The first-order valence-electron chi connectivity index (χ1n) is 8.10. The minimum Gasteiger partial charge on any atom is -0.455 e. The molecule has 0 aliphatic carbocycles. The highest BCUT2D eigenvalue weighted by Crippen LogP contribution is 2.26. The van der Waals surface area contributed by atoms with E-state index in [-0.39, 0.29) is 5.56 Å². The number of ether oxygens (including phenoxy) is 3. The summed E-state index contributed by atoms with van der Waals surface area (Å²) < 4.78 is 15.8. The van der Waals surface area contributed by atoms with Crippen LogP contribution in [0.5, 0.6) is 0 Å². The largest absolute Gasteiger partial charge is 0.455 e. The number of halogens is 1. The van der Waals surface area contributed by atoms with Gasteiger partial charge < -0.3 is 29.7 Å². The summed E-state index contributed by atoms with van der Waals surface area (Å²) in [4.78, 5) is 35.6. The molecule has 0 saturated carbocycles. The van der Waals surface area contributed by atoms with E-state index in [1.807, 2.05) is 0 Å². The summed E-state index contributed by atoms with van der Waals surface area (Å²) in [6, 6.07) is 6.77. The van der Waals surface area contributed by atoms with Gasteiger partial charge in [-0.15, -0.1) is 11.6 Å². The molecule has 0 spiro atoms. The van der Waals surface area contributed by atoms with Gasteiger partial charge in [-0.1, -0.05) is 18.2 Å². The highest BCUT2D eigenvalue weighted by atomic mass is 35.5. The lowest BCUT2D eigenvalue weighted by atomic mass is 9.96. The monoisotopic (exact) mass is 401 g/mol. The lowest BCUT2D eigenvalue weighted by molar-refractivity contribution is -0.257. The van der Waals surface area contributed by atoms with Gasteiger partial charge in [0.05, 0.1) is 12.2 Å². The third kappa shape index (κ3) is 5.39. The van der Waals surface area contributed by atoms with E-state index in [0.717, 1.165) is 0 Å². The van der Waals surface area contributed by atoms with Crippen LogP contribution in [0.1, 0.15) is 17.3 Å². The first-order chi connectivity index (χ1) is 12.9. The molecule has 1 saturated heterocycles. The zero-order valence-corrected chi connectivity index (χ0v) is 15.2. The SMILES string of the molecule is CC(=O)N[C@@H]1[C@@H](OC(=O)CCl)[C@H](OC(=O)c2ccccc2)[C@@H](CO)O[C@@H]1O. The number of alkyl halides is 1. The molecule has 1 aliphatic rings. The Kier molecular flexibility index (Phi) is 7.55. The summed E-state index contributed by atoms with van der Waals surface area (Å²) in [6.45, 7) is 0.557. The van der Waals surface area contributed by atoms with Crippen LogP contribution >= 0.6 is 11.6 Å². The average Bonchev–Trinajstić information content (AvgIpc) is 2.66. The number of carbonyl (C=O) groups excluding carboxylic acids is 3. The second kappa shape index (κ2) is 9.65. The van der Waals surface area contributed by atoms with Crippen molar-refractivity contribution in [3.63, 3.8) is 0 Å². The molecule has 1 aliphatic heterocycles. The van der Waals surface area contributed by atoms with Gasteiger partial charge in [-0.2, -0.15) is 0 Å². The number of hydrogen-bond acceptors (Lipinski definition) is 8. The highest BCUT2D eigenvalue weighted by Gasteiger charge is 2.50. The van der Waals surface area contributed by atoms with Crippen LogP contribution in [0.4, 0.5) is 0 Å². The number of amides is 1. The van der Waals surface area contributed by atoms with Crippen molar-refractivity contribution in [3.8, 4) is 0 Å². The normalized spacial score (nSPS) is 27.5. The van der Waals surface area contributed by atoms with Crippen molar-refractivity contribution in [2.45, 2.75) is 37.6 Å². The molecule has 148 valence electrons. The summed E-state index contributed by atoms with van der Waals surface area (Å²) in [5, 5.41) is 22.1. The zero-order valence-electron chi connectivity index (χ0n) is 14.4. The minimum atomic E-state index is -1.61. The molecule has 0 bridgehead atoms. The van der Waals surface area contributed by atoms with Crippen molar-refractivity contribution in [1.82, 2.24) is 5.32 Å². The van der Waals surface area contributed by atoms with Gasteiger partial charge in [0, 0.05) is 6.92 Å². The fraction of sp³-hybridized carbons (Fsp3) is 0.471. The van der Waals surface area contributed by atoms with E-state index < -0.39 is 61.0 Å². The molecule has 27 heavy (non-hydrogen) atoms. The van der Waals surface area contributed by atoms with Crippen molar-refractivity contribution in [3.05, 3.63) is 35.9 Å². The smallest absolute Gasteiger partial charge is 0.338 e. The van der Waals surface area contributed by atoms with Gasteiger partial charge in [-0.25, -0.2) is 4.79 Å². The van der Waals surface area contributed by atoms with Gasteiger partial charge in [0.2, 0.25) is 5.91 Å². The Balaban J connectivity index is 2.32. The van der Waals surface area contributed by atoms with Gasteiger partial charge in [-0.3, -0.25) is 9.59 Å². The first kappa shape index (κ1) is 21.1. The molecule has 1 amide bonds. The highest BCUT2D eigenvalue weighted by molar-refractivity contribution is 6.26. The molecule has 9 nitrogen and oxygen atoms in total. The summed E-state index contributed by atoms with van der Waals surface area (Å²) in [6.07, 6.45) is -5.42. The third-order valence-electron chi connectivity index (χ3n) is 3.84. The molecular weight excluding hydrogens is 382 g/mol. The number of aliphatic hydroxyl groups excluding tert-OH is 2. The van der Waals surface area contributed by atoms with Crippen LogP contribution in [-0.4, -0.2) is 71.2 Å². The quantitative estimate of drug-likeness (QED) is 0.432. The van der Waals surface area contributed by atoms with Crippen molar-refractivity contribution < 1.29 is 38.8 Å². The van der Waals surface area contributed by atoms with E-state index in [2.05, 4.69) is 5.32 Å². The Morgan fingerprint density at radius 1 is 1.19 bits per heavy atom. The Bertz CT molecular complexity index is 670. The van der Waals surface area contributed by atoms with E-state index in [9.17, 15) is 24.6 Å². The fourth-order valence-corrected chi connectivity index (χ4v) is 2.75. The second-order valence-electron chi connectivity index (χ2n) is 5.80. The lowest BCUT2D eigenvalue weighted by Crippen LogP contribution is -2.66. The van der Waals surface area contributed by atoms with Crippen molar-refractivity contribution >= 4 is 29.4 Å². The number of benzene rings is 1. The molecule has 0 aromatic heterocycles. The van der Waals surface area contributed by atoms with Crippen molar-refractivity contribution in [2.24, 2.45) is 0 Å². The molecule has 3 N–H and O–H groups in total. The fourth-order valence-electron chi connectivity index (χ4n) is 2.69. The van der Waals surface area contributed by atoms with Gasteiger partial charge in [0.15, 0.2) is 18.5 Å². The van der Waals surface area contributed by atoms with Crippen LogP contribution in [0.3, 0.4) is 0 Å². The lowest BCUT2D eigenvalue weighted by Gasteiger charge is -2.43. The van der Waals surface area contributed by atoms with Crippen LogP contribution in [0.25, 0.3) is 0 Å². The Hall–Kier alpha value is -2.20. The van der Waals surface area contributed by atoms with E-state index in [1.54, 1.807) is 18.2 Å². The topological polar surface area (TPSA) is 131 Å². The van der Waals surface area contributed by atoms with E-state index in [4.69, 9.17) is 25.8 Å². The maximum atomic E-state index is 12.4. The maximum Gasteiger partial charge on any atom is 0.338 e. The molecule has 1 fully saturated rings. The Morgan fingerprint density at radius 3 is 2.41 bits per heavy atom. The molecule has 0 unspecified atom stereocenters. The number of nitrogens with one attached hydrogen (secondary N) is 1. The summed E-state index contributed by atoms with van der Waals surface area (Å²) >= 11 is 5.47. The van der Waals surface area contributed by atoms with Crippen molar-refractivity contribution in [2.75, 3.05) is 12.5 Å². The number of esters is 2. The third-order valence-corrected chi connectivity index (χ3v) is 4.06. The van der Waals surface area contributed by atoms with E-state index >= 15 is 0 Å². The molecule has 1 heterocycles. The molecule has 5 atom stereocenters. The summed E-state index contributed by atoms with van der Waals surface area (Å²) in [5.74, 6) is -2.65.